The molecule has 0 bridgehead atoms. The lowest BCUT2D eigenvalue weighted by Gasteiger charge is -2.21. The van der Waals surface area contributed by atoms with Crippen molar-refractivity contribution in [2.24, 2.45) is 0 Å². The summed E-state index contributed by atoms with van der Waals surface area (Å²) >= 11 is 0. The zero-order valence-corrected chi connectivity index (χ0v) is 20.6. The molecule has 2 amide bonds. The minimum Gasteiger partial charge on any atom is -0.376 e. The number of nitrogens with one attached hydrogen (secondary N) is 2. The fourth-order valence-electron chi connectivity index (χ4n) is 4.91. The van der Waals surface area contributed by atoms with Crippen molar-refractivity contribution in [2.45, 2.75) is 89.9 Å². The van der Waals surface area contributed by atoms with Crippen molar-refractivity contribution in [3.63, 3.8) is 0 Å². The SMILES string of the molecule is Cc1cccc(CNC(=O)c2cn(C[C@@H]3CCCO3)cc(C(=O)NC3CCCCCCC3)c2=O)n1. The minimum atomic E-state index is -0.549. The summed E-state index contributed by atoms with van der Waals surface area (Å²) in [4.78, 5) is 43.9. The quantitative estimate of drug-likeness (QED) is 0.632. The minimum absolute atomic E-state index is 0.00591. The standard InChI is InChI=1S/C27H36N4O4/c1-19-9-7-12-21(29-19)15-28-26(33)23-17-31(16-22-13-8-14-35-22)18-24(25(23)32)27(34)30-20-10-5-3-2-4-6-11-20/h7,9,12,17-18,20,22H,2-6,8,10-11,13-16H2,1H3,(H,28,33)(H,30,34)/t22-/m0/s1. The summed E-state index contributed by atoms with van der Waals surface area (Å²) in [5.74, 6) is -0.920. The van der Waals surface area contributed by atoms with Crippen LogP contribution < -0.4 is 16.1 Å². The number of carbonyl (C=O) groups excluding carboxylic acids is 2. The molecular weight excluding hydrogens is 444 g/mol. The van der Waals surface area contributed by atoms with Gasteiger partial charge in [0.05, 0.1) is 18.3 Å². The molecule has 1 saturated carbocycles. The lowest BCUT2D eigenvalue weighted by molar-refractivity contribution is 0.0914. The highest BCUT2D eigenvalue weighted by molar-refractivity contribution is 5.99. The molecule has 2 aliphatic rings. The van der Waals surface area contributed by atoms with Crippen molar-refractivity contribution in [3.8, 4) is 0 Å². The van der Waals surface area contributed by atoms with Crippen LogP contribution in [0.5, 0.6) is 0 Å². The molecule has 0 unspecified atom stereocenters. The molecule has 1 aliphatic heterocycles. The largest absolute Gasteiger partial charge is 0.376 e. The van der Waals surface area contributed by atoms with E-state index < -0.39 is 17.2 Å². The molecule has 2 aromatic rings. The Morgan fingerprint density at radius 3 is 2.40 bits per heavy atom. The molecule has 2 aromatic heterocycles. The summed E-state index contributed by atoms with van der Waals surface area (Å²) in [5, 5.41) is 5.86. The van der Waals surface area contributed by atoms with Crippen LogP contribution in [0.1, 0.15) is 89.9 Å². The second-order valence-corrected chi connectivity index (χ2v) is 9.71. The van der Waals surface area contributed by atoms with E-state index in [1.54, 1.807) is 10.8 Å². The van der Waals surface area contributed by atoms with E-state index in [-0.39, 0.29) is 29.8 Å². The molecule has 2 N–H and O–H groups in total. The molecule has 3 heterocycles. The van der Waals surface area contributed by atoms with Gasteiger partial charge in [0, 0.05) is 37.3 Å². The topological polar surface area (TPSA) is 102 Å². The van der Waals surface area contributed by atoms with Crippen LogP contribution in [0.3, 0.4) is 0 Å². The molecule has 2 fully saturated rings. The number of nitrogens with zero attached hydrogens (tertiary/aromatic N) is 2. The van der Waals surface area contributed by atoms with E-state index in [4.69, 9.17) is 4.74 Å². The van der Waals surface area contributed by atoms with E-state index in [0.29, 0.717) is 18.8 Å². The lowest BCUT2D eigenvalue weighted by Crippen LogP contribution is -2.40. The molecule has 8 heteroatoms. The van der Waals surface area contributed by atoms with Crippen LogP contribution >= 0.6 is 0 Å². The van der Waals surface area contributed by atoms with Gasteiger partial charge in [0.15, 0.2) is 0 Å². The third kappa shape index (κ3) is 7.01. The summed E-state index contributed by atoms with van der Waals surface area (Å²) in [5.41, 5.74) is 0.971. The predicted molar refractivity (Wildman–Crippen MR) is 133 cm³/mol. The number of ether oxygens (including phenoxy) is 1. The number of aromatic nitrogens is 2. The number of rotatable bonds is 7. The van der Waals surface area contributed by atoms with Gasteiger partial charge in [-0.2, -0.15) is 0 Å². The van der Waals surface area contributed by atoms with Gasteiger partial charge in [-0.25, -0.2) is 0 Å². The Morgan fingerprint density at radius 1 is 1.00 bits per heavy atom. The van der Waals surface area contributed by atoms with Crippen molar-refractivity contribution >= 4 is 11.8 Å². The molecule has 1 saturated heterocycles. The number of carbonyl (C=O) groups is 2. The molecule has 8 nitrogen and oxygen atoms in total. The highest BCUT2D eigenvalue weighted by Crippen LogP contribution is 2.18. The Labute approximate surface area is 206 Å². The van der Waals surface area contributed by atoms with Gasteiger partial charge in [-0.1, -0.05) is 38.2 Å². The van der Waals surface area contributed by atoms with Crippen LogP contribution in [0.25, 0.3) is 0 Å². The summed E-state index contributed by atoms with van der Waals surface area (Å²) in [6.07, 6.45) is 12.6. The number of aryl methyl sites for hydroxylation is 1. The summed E-state index contributed by atoms with van der Waals surface area (Å²) in [6.45, 7) is 3.28. The average molecular weight is 481 g/mol. The molecule has 4 rings (SSSR count). The van der Waals surface area contributed by atoms with Crippen LogP contribution in [-0.2, 0) is 17.8 Å². The Morgan fingerprint density at radius 2 is 1.71 bits per heavy atom. The van der Waals surface area contributed by atoms with E-state index >= 15 is 0 Å². The second-order valence-electron chi connectivity index (χ2n) is 9.71. The number of hydrogen-bond acceptors (Lipinski definition) is 5. The van der Waals surface area contributed by atoms with Gasteiger partial charge in [-0.3, -0.25) is 19.4 Å². The summed E-state index contributed by atoms with van der Waals surface area (Å²) in [7, 11) is 0. The predicted octanol–water partition coefficient (Wildman–Crippen LogP) is 3.50. The van der Waals surface area contributed by atoms with Gasteiger partial charge < -0.3 is 19.9 Å². The van der Waals surface area contributed by atoms with E-state index in [1.807, 2.05) is 25.1 Å². The van der Waals surface area contributed by atoms with Crippen LogP contribution in [0.15, 0.2) is 35.4 Å². The first-order chi connectivity index (χ1) is 17.0. The molecule has 0 radical (unpaired) electrons. The van der Waals surface area contributed by atoms with Gasteiger partial charge >= 0.3 is 0 Å². The lowest BCUT2D eigenvalue weighted by atomic mass is 9.96. The zero-order chi connectivity index (χ0) is 24.6. The molecule has 0 spiro atoms. The molecule has 35 heavy (non-hydrogen) atoms. The van der Waals surface area contributed by atoms with Crippen molar-refractivity contribution < 1.29 is 14.3 Å². The number of amides is 2. The first kappa shape index (κ1) is 25.1. The number of pyridine rings is 2. The Bertz CT molecular complexity index is 1080. The van der Waals surface area contributed by atoms with Crippen molar-refractivity contribution in [1.82, 2.24) is 20.2 Å². The van der Waals surface area contributed by atoms with Gasteiger partial charge in [-0.05, 0) is 44.7 Å². The van der Waals surface area contributed by atoms with Crippen molar-refractivity contribution in [1.29, 1.82) is 0 Å². The number of hydrogen-bond donors (Lipinski definition) is 2. The van der Waals surface area contributed by atoms with E-state index in [9.17, 15) is 14.4 Å². The molecule has 188 valence electrons. The molecule has 1 atom stereocenters. The first-order valence-corrected chi connectivity index (χ1v) is 12.9. The van der Waals surface area contributed by atoms with Crippen LogP contribution in [-0.4, -0.2) is 40.1 Å². The highest BCUT2D eigenvalue weighted by Gasteiger charge is 2.23. The van der Waals surface area contributed by atoms with Gasteiger partial charge in [0.25, 0.3) is 11.8 Å². The summed E-state index contributed by atoms with van der Waals surface area (Å²) in [6, 6.07) is 5.63. The zero-order valence-electron chi connectivity index (χ0n) is 20.6. The third-order valence-corrected chi connectivity index (χ3v) is 6.82. The second kappa shape index (κ2) is 12.1. The maximum absolute atomic E-state index is 13.3. The smallest absolute Gasteiger partial charge is 0.257 e. The maximum Gasteiger partial charge on any atom is 0.257 e. The Balaban J connectivity index is 1.55. The van der Waals surface area contributed by atoms with Crippen molar-refractivity contribution in [2.75, 3.05) is 6.61 Å². The Kier molecular flexibility index (Phi) is 8.69. The Hall–Kier alpha value is -3.00. The van der Waals surface area contributed by atoms with Gasteiger partial charge in [0.1, 0.15) is 11.1 Å². The fraction of sp³-hybridized carbons (Fsp3) is 0.556. The summed E-state index contributed by atoms with van der Waals surface area (Å²) < 4.78 is 7.50. The average Bonchev–Trinajstić information content (AvgIpc) is 3.33. The monoisotopic (exact) mass is 480 g/mol. The van der Waals surface area contributed by atoms with Crippen LogP contribution in [0.2, 0.25) is 0 Å². The van der Waals surface area contributed by atoms with E-state index in [1.165, 1.54) is 25.5 Å². The van der Waals surface area contributed by atoms with Crippen LogP contribution in [0.4, 0.5) is 0 Å². The first-order valence-electron chi connectivity index (χ1n) is 12.9. The normalized spacial score (nSPS) is 19.1. The van der Waals surface area contributed by atoms with Crippen LogP contribution in [0, 0.1) is 6.92 Å². The van der Waals surface area contributed by atoms with Gasteiger partial charge in [-0.15, -0.1) is 0 Å². The molecule has 0 aromatic carbocycles. The molecular formula is C27H36N4O4. The molecule has 1 aliphatic carbocycles. The van der Waals surface area contributed by atoms with E-state index in [0.717, 1.165) is 44.2 Å². The van der Waals surface area contributed by atoms with Crippen molar-refractivity contribution in [3.05, 3.63) is 63.3 Å². The fourth-order valence-corrected chi connectivity index (χ4v) is 4.91. The highest BCUT2D eigenvalue weighted by atomic mass is 16.5. The maximum atomic E-state index is 13.3. The van der Waals surface area contributed by atoms with E-state index in [2.05, 4.69) is 15.6 Å². The third-order valence-electron chi connectivity index (χ3n) is 6.82. The van der Waals surface area contributed by atoms with Gasteiger partial charge in [0.2, 0.25) is 5.43 Å².